The van der Waals surface area contributed by atoms with Crippen molar-refractivity contribution in [2.24, 2.45) is 0 Å². The van der Waals surface area contributed by atoms with E-state index in [9.17, 15) is 23.2 Å². The molecule has 1 fully saturated rings. The van der Waals surface area contributed by atoms with E-state index >= 15 is 0 Å². The lowest BCUT2D eigenvalue weighted by Crippen LogP contribution is -2.36. The van der Waals surface area contributed by atoms with Crippen LogP contribution in [0.5, 0.6) is 11.5 Å². The Morgan fingerprint density at radius 3 is 2.57 bits per heavy atom. The zero-order chi connectivity index (χ0) is 21.8. The molecular weight excluding hydrogens is 418 g/mol. The predicted octanol–water partition coefficient (Wildman–Crippen LogP) is 3.66. The van der Waals surface area contributed by atoms with Crippen LogP contribution < -0.4 is 14.8 Å². The van der Waals surface area contributed by atoms with Gasteiger partial charge in [0.15, 0.2) is 0 Å². The number of rotatable bonds is 6. The minimum Gasteiger partial charge on any atom is -0.497 e. The SMILES string of the molecule is COc1ccc(C=C2SC(=O)N(CC(=O)Nc3ccc(F)cc3F)C2=O)c(OC)c1. The summed E-state index contributed by atoms with van der Waals surface area (Å²) in [5.41, 5.74) is 0.286. The molecule has 30 heavy (non-hydrogen) atoms. The van der Waals surface area contributed by atoms with Crippen LogP contribution in [0.1, 0.15) is 5.56 Å². The van der Waals surface area contributed by atoms with Gasteiger partial charge in [0.2, 0.25) is 5.91 Å². The molecule has 0 aliphatic carbocycles. The van der Waals surface area contributed by atoms with Gasteiger partial charge in [-0.25, -0.2) is 8.78 Å². The Kier molecular flexibility index (Phi) is 6.36. The van der Waals surface area contributed by atoms with E-state index in [1.807, 2.05) is 0 Å². The van der Waals surface area contributed by atoms with Crippen LogP contribution in [-0.4, -0.2) is 42.7 Å². The van der Waals surface area contributed by atoms with Crippen LogP contribution in [0.3, 0.4) is 0 Å². The number of hydrogen-bond acceptors (Lipinski definition) is 6. The summed E-state index contributed by atoms with van der Waals surface area (Å²) in [5, 5.41) is 1.57. The van der Waals surface area contributed by atoms with E-state index in [4.69, 9.17) is 9.47 Å². The molecule has 10 heteroatoms. The molecule has 0 aromatic heterocycles. The lowest BCUT2D eigenvalue weighted by molar-refractivity contribution is -0.127. The minimum absolute atomic E-state index is 0.101. The van der Waals surface area contributed by atoms with Gasteiger partial charge in [-0.05, 0) is 42.1 Å². The van der Waals surface area contributed by atoms with E-state index < -0.39 is 35.2 Å². The monoisotopic (exact) mass is 434 g/mol. The molecule has 3 amide bonds. The average Bonchev–Trinajstić information content (AvgIpc) is 2.97. The van der Waals surface area contributed by atoms with Crippen LogP contribution >= 0.6 is 11.8 Å². The largest absolute Gasteiger partial charge is 0.497 e. The zero-order valence-corrected chi connectivity index (χ0v) is 16.7. The Bertz CT molecular complexity index is 1060. The van der Waals surface area contributed by atoms with Crippen molar-refractivity contribution in [3.05, 3.63) is 58.5 Å². The number of amides is 3. The summed E-state index contributed by atoms with van der Waals surface area (Å²) >= 11 is 0.667. The molecule has 0 saturated carbocycles. The number of nitrogens with zero attached hydrogens (tertiary/aromatic N) is 1. The number of methoxy groups -OCH3 is 2. The molecule has 156 valence electrons. The molecule has 7 nitrogen and oxygen atoms in total. The second kappa shape index (κ2) is 8.95. The van der Waals surface area contributed by atoms with Crippen LogP contribution in [0.2, 0.25) is 0 Å². The van der Waals surface area contributed by atoms with Gasteiger partial charge in [0, 0.05) is 17.7 Å². The van der Waals surface area contributed by atoms with E-state index in [0.29, 0.717) is 34.9 Å². The van der Waals surface area contributed by atoms with Crippen LogP contribution in [0.25, 0.3) is 6.08 Å². The van der Waals surface area contributed by atoms with Crippen LogP contribution in [0.4, 0.5) is 19.3 Å². The minimum atomic E-state index is -0.969. The third-order valence-electron chi connectivity index (χ3n) is 4.11. The second-order valence-corrected chi connectivity index (χ2v) is 7.04. The predicted molar refractivity (Wildman–Crippen MR) is 107 cm³/mol. The average molecular weight is 434 g/mol. The molecule has 0 radical (unpaired) electrons. The fourth-order valence-corrected chi connectivity index (χ4v) is 3.47. The number of halogens is 2. The van der Waals surface area contributed by atoms with Crippen molar-refractivity contribution in [3.63, 3.8) is 0 Å². The first-order chi connectivity index (χ1) is 14.3. The Hall–Kier alpha value is -3.40. The molecule has 1 heterocycles. The number of ether oxygens (including phenoxy) is 2. The van der Waals surface area contributed by atoms with Crippen molar-refractivity contribution in [1.29, 1.82) is 0 Å². The summed E-state index contributed by atoms with van der Waals surface area (Å²) in [6.07, 6.45) is 1.47. The zero-order valence-electron chi connectivity index (χ0n) is 15.9. The summed E-state index contributed by atoms with van der Waals surface area (Å²) in [5.74, 6) is -2.24. The summed E-state index contributed by atoms with van der Waals surface area (Å²) in [6.45, 7) is -0.613. The highest BCUT2D eigenvalue weighted by atomic mass is 32.2. The van der Waals surface area contributed by atoms with E-state index in [1.54, 1.807) is 18.2 Å². The van der Waals surface area contributed by atoms with Gasteiger partial charge in [-0.1, -0.05) is 0 Å². The molecule has 0 spiro atoms. The van der Waals surface area contributed by atoms with Gasteiger partial charge in [-0.2, -0.15) is 0 Å². The summed E-state index contributed by atoms with van der Waals surface area (Å²) in [4.78, 5) is 37.8. The molecule has 1 N–H and O–H groups in total. The number of carbonyl (C=O) groups is 3. The highest BCUT2D eigenvalue weighted by Gasteiger charge is 2.36. The molecular formula is C20H16F2N2O5S. The number of carbonyl (C=O) groups excluding carboxylic acids is 3. The third kappa shape index (κ3) is 4.60. The van der Waals surface area contributed by atoms with E-state index in [1.165, 1.54) is 20.3 Å². The van der Waals surface area contributed by atoms with Gasteiger partial charge in [-0.3, -0.25) is 19.3 Å². The lowest BCUT2D eigenvalue weighted by atomic mass is 10.1. The molecule has 1 saturated heterocycles. The first kappa shape index (κ1) is 21.3. The van der Waals surface area contributed by atoms with Crippen molar-refractivity contribution < 1.29 is 32.6 Å². The Morgan fingerprint density at radius 2 is 1.90 bits per heavy atom. The lowest BCUT2D eigenvalue weighted by Gasteiger charge is -2.13. The summed E-state index contributed by atoms with van der Waals surface area (Å²) < 4.78 is 37.0. The molecule has 0 bridgehead atoms. The van der Waals surface area contributed by atoms with Gasteiger partial charge in [-0.15, -0.1) is 0 Å². The van der Waals surface area contributed by atoms with E-state index in [-0.39, 0.29) is 10.6 Å². The topological polar surface area (TPSA) is 84.9 Å². The maximum absolute atomic E-state index is 13.7. The Labute approximate surface area is 174 Å². The van der Waals surface area contributed by atoms with Crippen LogP contribution in [0.15, 0.2) is 41.3 Å². The van der Waals surface area contributed by atoms with Gasteiger partial charge in [0.1, 0.15) is 29.7 Å². The smallest absolute Gasteiger partial charge is 0.294 e. The first-order valence-corrected chi connectivity index (χ1v) is 9.36. The normalized spacial score (nSPS) is 14.9. The Balaban J connectivity index is 1.74. The number of nitrogens with one attached hydrogen (secondary N) is 1. The number of hydrogen-bond donors (Lipinski definition) is 1. The maximum atomic E-state index is 13.7. The number of imide groups is 1. The molecule has 0 unspecified atom stereocenters. The molecule has 3 rings (SSSR count). The van der Waals surface area contributed by atoms with E-state index in [2.05, 4.69) is 5.32 Å². The molecule has 1 aliphatic heterocycles. The van der Waals surface area contributed by atoms with Crippen molar-refractivity contribution in [2.45, 2.75) is 0 Å². The molecule has 2 aromatic carbocycles. The Morgan fingerprint density at radius 1 is 1.13 bits per heavy atom. The summed E-state index contributed by atoms with van der Waals surface area (Å²) in [6, 6.07) is 7.59. The standard InChI is InChI=1S/C20H16F2N2O5S/c1-28-13-5-3-11(16(9-13)29-2)7-17-19(26)24(20(27)30-17)10-18(25)23-15-6-4-12(21)8-14(15)22/h3-9H,10H2,1-2H3,(H,23,25). The molecule has 0 atom stereocenters. The quantitative estimate of drug-likeness (QED) is 0.699. The van der Waals surface area contributed by atoms with Gasteiger partial charge < -0.3 is 14.8 Å². The highest BCUT2D eigenvalue weighted by Crippen LogP contribution is 2.35. The number of benzene rings is 2. The maximum Gasteiger partial charge on any atom is 0.294 e. The fourth-order valence-electron chi connectivity index (χ4n) is 2.64. The second-order valence-electron chi connectivity index (χ2n) is 6.05. The molecule has 1 aliphatic rings. The van der Waals surface area contributed by atoms with Crippen LogP contribution in [-0.2, 0) is 9.59 Å². The van der Waals surface area contributed by atoms with Crippen molar-refractivity contribution in [3.8, 4) is 11.5 Å². The van der Waals surface area contributed by atoms with Gasteiger partial charge in [0.25, 0.3) is 11.1 Å². The number of thioether (sulfide) groups is 1. The third-order valence-corrected chi connectivity index (χ3v) is 5.02. The summed E-state index contributed by atoms with van der Waals surface area (Å²) in [7, 11) is 2.96. The van der Waals surface area contributed by atoms with Crippen molar-refractivity contribution >= 4 is 40.6 Å². The van der Waals surface area contributed by atoms with Crippen molar-refractivity contribution in [2.75, 3.05) is 26.1 Å². The fraction of sp³-hybridized carbons (Fsp3) is 0.150. The van der Waals surface area contributed by atoms with Crippen LogP contribution in [0, 0.1) is 11.6 Å². The highest BCUT2D eigenvalue weighted by molar-refractivity contribution is 8.18. The molecule has 2 aromatic rings. The van der Waals surface area contributed by atoms with E-state index in [0.717, 1.165) is 17.0 Å². The van der Waals surface area contributed by atoms with Gasteiger partial charge in [0.05, 0.1) is 24.8 Å². The first-order valence-electron chi connectivity index (χ1n) is 8.54. The number of anilines is 1. The van der Waals surface area contributed by atoms with Gasteiger partial charge >= 0.3 is 0 Å². The van der Waals surface area contributed by atoms with Crippen molar-refractivity contribution in [1.82, 2.24) is 4.90 Å².